The molecule has 0 aliphatic carbocycles. The molecule has 3 rings (SSSR count). The molecule has 7 nitrogen and oxygen atoms in total. The monoisotopic (exact) mass is 467 g/mol. The van der Waals surface area contributed by atoms with Crippen molar-refractivity contribution in [2.75, 3.05) is 25.4 Å². The summed E-state index contributed by atoms with van der Waals surface area (Å²) < 4.78 is 38.2. The summed E-state index contributed by atoms with van der Waals surface area (Å²) in [6.45, 7) is 4.84. The highest BCUT2D eigenvalue weighted by Crippen LogP contribution is 2.27. The minimum Gasteiger partial charge on any atom is -0.491 e. The molecule has 0 N–H and O–H groups in total. The Morgan fingerprint density at radius 1 is 1.10 bits per heavy atom. The average molecular weight is 468 g/mol. The highest BCUT2D eigenvalue weighted by Gasteiger charge is 2.22. The number of benzene rings is 2. The Labute approximate surface area is 185 Å². The molecule has 2 aromatic carbocycles. The van der Waals surface area contributed by atoms with Crippen LogP contribution in [-0.4, -0.2) is 48.4 Å². The predicted molar refractivity (Wildman–Crippen MR) is 118 cm³/mol. The van der Waals surface area contributed by atoms with Gasteiger partial charge >= 0.3 is 0 Å². The number of aromatic nitrogens is 2. The van der Waals surface area contributed by atoms with Gasteiger partial charge in [0.05, 0.1) is 16.5 Å². The van der Waals surface area contributed by atoms with Gasteiger partial charge in [0.1, 0.15) is 5.75 Å². The van der Waals surface area contributed by atoms with Crippen molar-refractivity contribution in [3.8, 4) is 17.2 Å². The third kappa shape index (κ3) is 5.34. The second kappa shape index (κ2) is 10.3. The van der Waals surface area contributed by atoms with Crippen molar-refractivity contribution >= 4 is 33.4 Å². The summed E-state index contributed by atoms with van der Waals surface area (Å²) in [6.07, 6.45) is 0. The van der Waals surface area contributed by atoms with Crippen LogP contribution >= 0.6 is 23.4 Å². The summed E-state index contributed by atoms with van der Waals surface area (Å²) in [4.78, 5) is 0.198. The normalized spacial score (nSPS) is 11.7. The van der Waals surface area contributed by atoms with E-state index in [9.17, 15) is 8.42 Å². The quantitative estimate of drug-likeness (QED) is 0.318. The fourth-order valence-corrected chi connectivity index (χ4v) is 5.00. The van der Waals surface area contributed by atoms with E-state index in [2.05, 4.69) is 10.2 Å². The van der Waals surface area contributed by atoms with Gasteiger partial charge in [0.15, 0.2) is 0 Å². The lowest BCUT2D eigenvalue weighted by Crippen LogP contribution is -2.30. The van der Waals surface area contributed by atoms with E-state index in [0.717, 1.165) is 0 Å². The Morgan fingerprint density at radius 3 is 2.60 bits per heavy atom. The summed E-state index contributed by atoms with van der Waals surface area (Å²) in [5.74, 6) is 1.47. The molecule has 0 aliphatic rings. The van der Waals surface area contributed by atoms with Gasteiger partial charge in [0.25, 0.3) is 5.22 Å². The minimum absolute atomic E-state index is 0.198. The lowest BCUT2D eigenvalue weighted by molar-refractivity contribution is 0.343. The van der Waals surface area contributed by atoms with Gasteiger partial charge < -0.3 is 9.15 Å². The van der Waals surface area contributed by atoms with Crippen LogP contribution < -0.4 is 4.74 Å². The SMILES string of the molecule is CCN(CC)S(=O)(=O)c1cccc(-c2nnc(SCCOc3ccccc3Cl)o2)c1. The van der Waals surface area contributed by atoms with Crippen molar-refractivity contribution in [3.63, 3.8) is 0 Å². The summed E-state index contributed by atoms with van der Waals surface area (Å²) in [7, 11) is -3.56. The van der Waals surface area contributed by atoms with Crippen LogP contribution in [0.2, 0.25) is 5.02 Å². The van der Waals surface area contributed by atoms with Crippen molar-refractivity contribution in [2.24, 2.45) is 0 Å². The maximum atomic E-state index is 12.7. The summed E-state index contributed by atoms with van der Waals surface area (Å²) >= 11 is 7.40. The molecule has 10 heteroatoms. The van der Waals surface area contributed by atoms with Crippen LogP contribution in [0, 0.1) is 0 Å². The van der Waals surface area contributed by atoms with Crippen molar-refractivity contribution < 1.29 is 17.6 Å². The fraction of sp³-hybridized carbons (Fsp3) is 0.300. The molecule has 1 heterocycles. The zero-order chi connectivity index (χ0) is 21.6. The third-order valence-corrected chi connectivity index (χ3v) is 7.37. The van der Waals surface area contributed by atoms with Gasteiger partial charge in [-0.05, 0) is 30.3 Å². The number of rotatable bonds is 10. The fourth-order valence-electron chi connectivity index (χ4n) is 2.73. The number of halogens is 1. The first-order valence-corrected chi connectivity index (χ1v) is 12.2. The van der Waals surface area contributed by atoms with E-state index in [0.29, 0.717) is 47.0 Å². The van der Waals surface area contributed by atoms with Crippen LogP contribution in [0.4, 0.5) is 0 Å². The van der Waals surface area contributed by atoms with E-state index in [-0.39, 0.29) is 10.8 Å². The van der Waals surface area contributed by atoms with E-state index in [1.165, 1.54) is 16.1 Å². The first-order valence-electron chi connectivity index (χ1n) is 9.40. The molecule has 0 spiro atoms. The first kappa shape index (κ1) is 22.6. The number of ether oxygens (including phenoxy) is 1. The third-order valence-electron chi connectivity index (χ3n) is 4.23. The van der Waals surface area contributed by atoms with Crippen molar-refractivity contribution in [2.45, 2.75) is 24.0 Å². The lowest BCUT2D eigenvalue weighted by Gasteiger charge is -2.18. The van der Waals surface area contributed by atoms with Crippen molar-refractivity contribution in [3.05, 3.63) is 53.6 Å². The Kier molecular flexibility index (Phi) is 7.76. The molecule has 0 aliphatic heterocycles. The Morgan fingerprint density at radius 2 is 1.87 bits per heavy atom. The molecule has 0 atom stereocenters. The Balaban J connectivity index is 1.64. The molecule has 1 aromatic heterocycles. The second-order valence-electron chi connectivity index (χ2n) is 6.12. The number of para-hydroxylation sites is 1. The predicted octanol–water partition coefficient (Wildman–Crippen LogP) is 4.59. The van der Waals surface area contributed by atoms with E-state index in [1.807, 2.05) is 26.0 Å². The topological polar surface area (TPSA) is 85.5 Å². The van der Waals surface area contributed by atoms with Gasteiger partial charge in [-0.1, -0.05) is 55.4 Å². The van der Waals surface area contributed by atoms with E-state index >= 15 is 0 Å². The zero-order valence-electron chi connectivity index (χ0n) is 16.6. The van der Waals surface area contributed by atoms with Gasteiger partial charge in [-0.2, -0.15) is 4.31 Å². The van der Waals surface area contributed by atoms with Crippen LogP contribution in [0.25, 0.3) is 11.5 Å². The summed E-state index contributed by atoms with van der Waals surface area (Å²) in [6, 6.07) is 13.8. The van der Waals surface area contributed by atoms with Gasteiger partial charge in [-0.3, -0.25) is 0 Å². The van der Waals surface area contributed by atoms with E-state index in [4.69, 9.17) is 20.8 Å². The molecular weight excluding hydrogens is 446 g/mol. The number of thioether (sulfide) groups is 1. The molecule has 30 heavy (non-hydrogen) atoms. The Bertz CT molecular complexity index is 1080. The summed E-state index contributed by atoms with van der Waals surface area (Å²) in [5, 5.41) is 8.99. The number of sulfonamides is 1. The maximum absolute atomic E-state index is 12.7. The van der Waals surface area contributed by atoms with Crippen molar-refractivity contribution in [1.29, 1.82) is 0 Å². The number of hydrogen-bond acceptors (Lipinski definition) is 7. The van der Waals surface area contributed by atoms with Gasteiger partial charge in [0.2, 0.25) is 15.9 Å². The summed E-state index contributed by atoms with van der Waals surface area (Å²) in [5.41, 5.74) is 0.551. The number of hydrogen-bond donors (Lipinski definition) is 0. The molecule has 0 unspecified atom stereocenters. The van der Waals surface area contributed by atoms with Crippen LogP contribution in [0.15, 0.2) is 63.1 Å². The number of nitrogens with zero attached hydrogens (tertiary/aromatic N) is 3. The van der Waals surface area contributed by atoms with Crippen LogP contribution in [0.3, 0.4) is 0 Å². The van der Waals surface area contributed by atoms with E-state index in [1.54, 1.807) is 36.4 Å². The Hall–Kier alpha value is -2.07. The lowest BCUT2D eigenvalue weighted by atomic mass is 10.2. The molecule has 0 amide bonds. The molecule has 0 bridgehead atoms. The van der Waals surface area contributed by atoms with Crippen LogP contribution in [0.1, 0.15) is 13.8 Å². The molecule has 0 fully saturated rings. The molecular formula is C20H22ClN3O4S2. The smallest absolute Gasteiger partial charge is 0.276 e. The second-order valence-corrected chi connectivity index (χ2v) is 9.51. The highest BCUT2D eigenvalue weighted by molar-refractivity contribution is 7.99. The van der Waals surface area contributed by atoms with Gasteiger partial charge in [0, 0.05) is 24.4 Å². The molecule has 0 saturated heterocycles. The highest BCUT2D eigenvalue weighted by atomic mass is 35.5. The zero-order valence-corrected chi connectivity index (χ0v) is 19.0. The standard InChI is InChI=1S/C20H22ClN3O4S2/c1-3-24(4-2)30(25,26)16-9-7-8-15(14-16)19-22-23-20(28-19)29-13-12-27-18-11-6-5-10-17(18)21/h5-11,14H,3-4,12-13H2,1-2H3. The van der Waals surface area contributed by atoms with Crippen molar-refractivity contribution in [1.82, 2.24) is 14.5 Å². The van der Waals surface area contributed by atoms with Gasteiger partial charge in [-0.25, -0.2) is 8.42 Å². The minimum atomic E-state index is -3.56. The van der Waals surface area contributed by atoms with Gasteiger partial charge in [-0.15, -0.1) is 10.2 Å². The molecule has 160 valence electrons. The molecule has 0 saturated carbocycles. The molecule has 3 aromatic rings. The average Bonchev–Trinajstić information content (AvgIpc) is 3.22. The van der Waals surface area contributed by atoms with E-state index < -0.39 is 10.0 Å². The largest absolute Gasteiger partial charge is 0.491 e. The van der Waals surface area contributed by atoms with Crippen LogP contribution in [-0.2, 0) is 10.0 Å². The van der Waals surface area contributed by atoms with Crippen LogP contribution in [0.5, 0.6) is 5.75 Å². The molecule has 0 radical (unpaired) electrons. The first-order chi connectivity index (χ1) is 14.5. The maximum Gasteiger partial charge on any atom is 0.276 e.